The summed E-state index contributed by atoms with van der Waals surface area (Å²) in [5, 5.41) is 3.23. The predicted octanol–water partition coefficient (Wildman–Crippen LogP) is 3.41. The number of aromatic nitrogens is 2. The van der Waals surface area contributed by atoms with Crippen molar-refractivity contribution in [3.63, 3.8) is 0 Å². The lowest BCUT2D eigenvalue weighted by Gasteiger charge is -2.33. The van der Waals surface area contributed by atoms with Crippen LogP contribution in [0.5, 0.6) is 0 Å². The zero-order chi connectivity index (χ0) is 17.1. The molecule has 1 N–H and O–H groups in total. The van der Waals surface area contributed by atoms with E-state index in [0.717, 1.165) is 31.7 Å². The van der Waals surface area contributed by atoms with Crippen molar-refractivity contribution in [2.24, 2.45) is 5.92 Å². The minimum Gasteiger partial charge on any atom is -0.356 e. The standard InChI is InChI=1S/C20H30N4O/c25-20(23-17-6-1-2-7-17)12-15-8-10-24(11-9-15)19-13-18(21-14-22-19)16-4-3-5-16/h13-17H,1-12H2,(H,23,25). The number of amides is 1. The van der Waals surface area contributed by atoms with Crippen LogP contribution >= 0.6 is 0 Å². The summed E-state index contributed by atoms with van der Waals surface area (Å²) in [4.78, 5) is 23.6. The van der Waals surface area contributed by atoms with Crippen LogP contribution < -0.4 is 10.2 Å². The highest BCUT2D eigenvalue weighted by molar-refractivity contribution is 5.76. The Balaban J connectivity index is 1.25. The van der Waals surface area contributed by atoms with E-state index in [-0.39, 0.29) is 5.91 Å². The topological polar surface area (TPSA) is 58.1 Å². The molecule has 136 valence electrons. The van der Waals surface area contributed by atoms with Crippen molar-refractivity contribution in [1.29, 1.82) is 0 Å². The highest BCUT2D eigenvalue weighted by atomic mass is 16.1. The molecule has 0 bridgehead atoms. The number of carbonyl (C=O) groups is 1. The quantitative estimate of drug-likeness (QED) is 0.891. The Morgan fingerprint density at radius 3 is 2.48 bits per heavy atom. The molecule has 3 aliphatic rings. The first-order chi connectivity index (χ1) is 12.3. The van der Waals surface area contributed by atoms with Crippen LogP contribution in [0.1, 0.15) is 75.8 Å². The average Bonchev–Trinajstić information content (AvgIpc) is 3.07. The predicted molar refractivity (Wildman–Crippen MR) is 98.6 cm³/mol. The first-order valence-electron chi connectivity index (χ1n) is 10.1. The van der Waals surface area contributed by atoms with Crippen LogP contribution in [-0.2, 0) is 4.79 Å². The fourth-order valence-corrected chi connectivity index (χ4v) is 4.45. The number of nitrogens with zero attached hydrogens (tertiary/aromatic N) is 3. The van der Waals surface area contributed by atoms with E-state index in [1.807, 2.05) is 0 Å². The van der Waals surface area contributed by atoms with E-state index >= 15 is 0 Å². The van der Waals surface area contributed by atoms with Crippen molar-refractivity contribution in [2.75, 3.05) is 18.0 Å². The lowest BCUT2D eigenvalue weighted by Crippen LogP contribution is -2.38. The average molecular weight is 342 g/mol. The van der Waals surface area contributed by atoms with Crippen LogP contribution in [0.2, 0.25) is 0 Å². The van der Waals surface area contributed by atoms with Gasteiger partial charge in [0.1, 0.15) is 12.1 Å². The Morgan fingerprint density at radius 2 is 1.80 bits per heavy atom. The van der Waals surface area contributed by atoms with Gasteiger partial charge in [-0.3, -0.25) is 4.79 Å². The van der Waals surface area contributed by atoms with E-state index in [2.05, 4.69) is 26.3 Å². The third-order valence-electron chi connectivity index (χ3n) is 6.33. The van der Waals surface area contributed by atoms with Gasteiger partial charge in [-0.2, -0.15) is 0 Å². The molecule has 5 nitrogen and oxygen atoms in total. The summed E-state index contributed by atoms with van der Waals surface area (Å²) in [6.07, 6.45) is 13.3. The van der Waals surface area contributed by atoms with Crippen LogP contribution in [0.3, 0.4) is 0 Å². The van der Waals surface area contributed by atoms with Crippen LogP contribution in [0.15, 0.2) is 12.4 Å². The molecule has 1 aromatic heterocycles. The summed E-state index contributed by atoms with van der Waals surface area (Å²) in [6, 6.07) is 2.63. The van der Waals surface area contributed by atoms with Crippen molar-refractivity contribution in [3.05, 3.63) is 18.1 Å². The highest BCUT2D eigenvalue weighted by Gasteiger charge is 2.26. The fraction of sp³-hybridized carbons (Fsp3) is 0.750. The Bertz CT molecular complexity index is 587. The van der Waals surface area contributed by atoms with Gasteiger partial charge in [-0.05, 0) is 44.4 Å². The molecule has 1 aromatic rings. The van der Waals surface area contributed by atoms with Gasteiger partial charge in [-0.15, -0.1) is 0 Å². The summed E-state index contributed by atoms with van der Waals surface area (Å²) < 4.78 is 0. The Labute approximate surface area is 150 Å². The number of nitrogens with one attached hydrogen (secondary N) is 1. The smallest absolute Gasteiger partial charge is 0.220 e. The zero-order valence-corrected chi connectivity index (χ0v) is 15.1. The van der Waals surface area contributed by atoms with E-state index in [1.54, 1.807) is 6.33 Å². The number of hydrogen-bond donors (Lipinski definition) is 1. The van der Waals surface area contributed by atoms with Crippen molar-refractivity contribution in [1.82, 2.24) is 15.3 Å². The number of anilines is 1. The van der Waals surface area contributed by atoms with E-state index in [9.17, 15) is 4.79 Å². The molecule has 0 radical (unpaired) electrons. The number of piperidine rings is 1. The molecule has 0 aromatic carbocycles. The van der Waals surface area contributed by atoms with Gasteiger partial charge < -0.3 is 10.2 Å². The summed E-state index contributed by atoms with van der Waals surface area (Å²) in [6.45, 7) is 2.00. The Hall–Kier alpha value is -1.65. The first kappa shape index (κ1) is 16.8. The summed E-state index contributed by atoms with van der Waals surface area (Å²) in [7, 11) is 0. The van der Waals surface area contributed by atoms with Crippen molar-refractivity contribution in [2.45, 2.75) is 76.2 Å². The lowest BCUT2D eigenvalue weighted by atomic mass is 9.83. The molecule has 5 heteroatoms. The van der Waals surface area contributed by atoms with E-state index in [0.29, 0.717) is 24.3 Å². The summed E-state index contributed by atoms with van der Waals surface area (Å²) >= 11 is 0. The second kappa shape index (κ2) is 7.71. The maximum atomic E-state index is 12.2. The van der Waals surface area contributed by atoms with Crippen LogP contribution in [0.25, 0.3) is 0 Å². The molecule has 1 aliphatic heterocycles. The fourth-order valence-electron chi connectivity index (χ4n) is 4.45. The first-order valence-corrected chi connectivity index (χ1v) is 10.1. The SMILES string of the molecule is O=C(CC1CCN(c2cc(C3CCC3)ncn2)CC1)NC1CCCC1. The van der Waals surface area contributed by atoms with Gasteiger partial charge >= 0.3 is 0 Å². The van der Waals surface area contributed by atoms with E-state index < -0.39 is 0 Å². The third-order valence-corrected chi connectivity index (χ3v) is 6.33. The maximum absolute atomic E-state index is 12.2. The van der Waals surface area contributed by atoms with Crippen LogP contribution in [0, 0.1) is 5.92 Å². The van der Waals surface area contributed by atoms with Gasteiger partial charge in [0.15, 0.2) is 0 Å². The Morgan fingerprint density at radius 1 is 1.04 bits per heavy atom. The number of carbonyl (C=O) groups excluding carboxylic acids is 1. The molecule has 0 spiro atoms. The second-order valence-corrected chi connectivity index (χ2v) is 8.11. The van der Waals surface area contributed by atoms with Crippen LogP contribution in [0.4, 0.5) is 5.82 Å². The van der Waals surface area contributed by atoms with Gasteiger partial charge in [0.2, 0.25) is 5.91 Å². The van der Waals surface area contributed by atoms with Gasteiger partial charge in [0, 0.05) is 43.2 Å². The van der Waals surface area contributed by atoms with Gasteiger partial charge in [0.25, 0.3) is 0 Å². The highest BCUT2D eigenvalue weighted by Crippen LogP contribution is 2.36. The normalized spacial score (nSPS) is 22.8. The molecule has 4 rings (SSSR count). The molecule has 25 heavy (non-hydrogen) atoms. The summed E-state index contributed by atoms with van der Waals surface area (Å²) in [5.74, 6) is 2.51. The summed E-state index contributed by atoms with van der Waals surface area (Å²) in [5.41, 5.74) is 1.22. The van der Waals surface area contributed by atoms with Crippen molar-refractivity contribution >= 4 is 11.7 Å². The molecule has 0 atom stereocenters. The molecule has 3 fully saturated rings. The molecule has 2 aliphatic carbocycles. The Kier molecular flexibility index (Phi) is 5.18. The van der Waals surface area contributed by atoms with Gasteiger partial charge in [-0.1, -0.05) is 19.3 Å². The number of hydrogen-bond acceptors (Lipinski definition) is 4. The molecule has 2 saturated carbocycles. The van der Waals surface area contributed by atoms with Crippen LogP contribution in [-0.4, -0.2) is 35.0 Å². The van der Waals surface area contributed by atoms with Crippen molar-refractivity contribution in [3.8, 4) is 0 Å². The minimum atomic E-state index is 0.264. The molecule has 2 heterocycles. The zero-order valence-electron chi connectivity index (χ0n) is 15.1. The number of rotatable bonds is 5. The van der Waals surface area contributed by atoms with Gasteiger partial charge in [0.05, 0.1) is 0 Å². The molecular weight excluding hydrogens is 312 g/mol. The van der Waals surface area contributed by atoms with E-state index in [4.69, 9.17) is 0 Å². The van der Waals surface area contributed by atoms with E-state index in [1.165, 1.54) is 50.6 Å². The lowest BCUT2D eigenvalue weighted by molar-refractivity contribution is -0.122. The van der Waals surface area contributed by atoms with Gasteiger partial charge in [-0.25, -0.2) is 9.97 Å². The minimum absolute atomic E-state index is 0.264. The molecule has 1 saturated heterocycles. The maximum Gasteiger partial charge on any atom is 0.220 e. The molecule has 1 amide bonds. The monoisotopic (exact) mass is 342 g/mol. The third kappa shape index (κ3) is 4.13. The molecule has 0 unspecified atom stereocenters. The molecular formula is C20H30N4O. The van der Waals surface area contributed by atoms with Crippen molar-refractivity contribution < 1.29 is 4.79 Å². The second-order valence-electron chi connectivity index (χ2n) is 8.11. The largest absolute Gasteiger partial charge is 0.356 e.